The zero-order valence-corrected chi connectivity index (χ0v) is 13.0. The average molecular weight is 285 g/mol. The molecule has 1 N–H and O–H groups in total. The summed E-state index contributed by atoms with van der Waals surface area (Å²) in [7, 11) is 4.14. The molecule has 2 heterocycles. The molecular formula is C14H27N3OS. The van der Waals surface area contributed by atoms with E-state index in [1.807, 2.05) is 23.7 Å². The molecule has 0 bridgehead atoms. The van der Waals surface area contributed by atoms with Crippen molar-refractivity contribution in [3.63, 3.8) is 0 Å². The summed E-state index contributed by atoms with van der Waals surface area (Å²) in [6.07, 6.45) is 3.19. The van der Waals surface area contributed by atoms with Crippen LogP contribution in [0.1, 0.15) is 19.3 Å². The first-order chi connectivity index (χ1) is 9.15. The summed E-state index contributed by atoms with van der Waals surface area (Å²) >= 11 is 1.95. The third-order valence-corrected chi connectivity index (χ3v) is 5.23. The number of hydrogen-bond donors (Lipinski definition) is 1. The van der Waals surface area contributed by atoms with Crippen molar-refractivity contribution in [3.8, 4) is 0 Å². The van der Waals surface area contributed by atoms with Gasteiger partial charge in [0, 0.05) is 50.7 Å². The number of hydrogen-bond acceptors (Lipinski definition) is 4. The van der Waals surface area contributed by atoms with Gasteiger partial charge in [-0.05, 0) is 32.4 Å². The maximum Gasteiger partial charge on any atom is 0.223 e. The zero-order chi connectivity index (χ0) is 13.7. The molecule has 0 aromatic rings. The van der Waals surface area contributed by atoms with Gasteiger partial charge in [0.15, 0.2) is 0 Å². The standard InChI is InChI=1S/C14H27N3OS/c1-16-6-3-4-12(9-16)10-17(2)14(18)8-13-11-19-7-5-15-13/h12-13,15H,3-11H2,1-2H3. The van der Waals surface area contributed by atoms with Crippen molar-refractivity contribution < 1.29 is 4.79 Å². The third-order valence-electron chi connectivity index (χ3n) is 4.10. The first-order valence-electron chi connectivity index (χ1n) is 7.39. The molecule has 2 saturated heterocycles. The first-order valence-corrected chi connectivity index (χ1v) is 8.54. The van der Waals surface area contributed by atoms with E-state index in [0.29, 0.717) is 24.3 Å². The van der Waals surface area contributed by atoms with E-state index in [0.717, 1.165) is 25.4 Å². The molecule has 5 heteroatoms. The molecule has 0 aromatic heterocycles. The average Bonchev–Trinajstić information content (AvgIpc) is 2.40. The van der Waals surface area contributed by atoms with E-state index >= 15 is 0 Å². The second-order valence-corrected chi connectivity index (χ2v) is 7.12. The van der Waals surface area contributed by atoms with E-state index in [1.165, 1.54) is 25.1 Å². The molecule has 0 radical (unpaired) electrons. The van der Waals surface area contributed by atoms with Gasteiger partial charge in [0.2, 0.25) is 5.91 Å². The van der Waals surface area contributed by atoms with Crippen LogP contribution in [0.3, 0.4) is 0 Å². The molecule has 1 amide bonds. The van der Waals surface area contributed by atoms with Crippen molar-refractivity contribution in [1.82, 2.24) is 15.1 Å². The van der Waals surface area contributed by atoms with E-state index < -0.39 is 0 Å². The van der Waals surface area contributed by atoms with Gasteiger partial charge >= 0.3 is 0 Å². The Morgan fingerprint density at radius 2 is 2.37 bits per heavy atom. The van der Waals surface area contributed by atoms with Crippen LogP contribution in [-0.4, -0.2) is 73.5 Å². The number of amides is 1. The monoisotopic (exact) mass is 285 g/mol. The number of rotatable bonds is 4. The van der Waals surface area contributed by atoms with Crippen LogP contribution in [0.25, 0.3) is 0 Å². The van der Waals surface area contributed by atoms with Crippen molar-refractivity contribution in [2.75, 3.05) is 51.8 Å². The van der Waals surface area contributed by atoms with Crippen LogP contribution in [0.2, 0.25) is 0 Å². The smallest absolute Gasteiger partial charge is 0.223 e. The van der Waals surface area contributed by atoms with Crippen LogP contribution < -0.4 is 5.32 Å². The van der Waals surface area contributed by atoms with Gasteiger partial charge in [-0.1, -0.05) is 0 Å². The van der Waals surface area contributed by atoms with Gasteiger partial charge in [-0.2, -0.15) is 11.8 Å². The van der Waals surface area contributed by atoms with Crippen LogP contribution in [0.15, 0.2) is 0 Å². The Labute approximate surface area is 121 Å². The highest BCUT2D eigenvalue weighted by molar-refractivity contribution is 7.99. The lowest BCUT2D eigenvalue weighted by Gasteiger charge is -2.33. The molecule has 4 nitrogen and oxygen atoms in total. The number of carbonyl (C=O) groups is 1. The lowest BCUT2D eigenvalue weighted by molar-refractivity contribution is -0.131. The predicted molar refractivity (Wildman–Crippen MR) is 81.6 cm³/mol. The largest absolute Gasteiger partial charge is 0.345 e. The summed E-state index contributed by atoms with van der Waals surface area (Å²) in [4.78, 5) is 16.6. The summed E-state index contributed by atoms with van der Waals surface area (Å²) in [5.74, 6) is 3.20. The van der Waals surface area contributed by atoms with Crippen molar-refractivity contribution in [2.45, 2.75) is 25.3 Å². The lowest BCUT2D eigenvalue weighted by Crippen LogP contribution is -2.44. The Bertz CT molecular complexity index is 294. The predicted octanol–water partition coefficient (Wildman–Crippen LogP) is 0.882. The van der Waals surface area contributed by atoms with E-state index in [9.17, 15) is 4.79 Å². The molecule has 2 unspecified atom stereocenters. The SMILES string of the molecule is CN1CCCC(CN(C)C(=O)CC2CSCCN2)C1. The number of carbonyl (C=O) groups excluding carboxylic acids is 1. The molecule has 2 rings (SSSR count). The van der Waals surface area contributed by atoms with Crippen LogP contribution in [0.4, 0.5) is 0 Å². The fourth-order valence-electron chi connectivity index (χ4n) is 3.03. The summed E-state index contributed by atoms with van der Waals surface area (Å²) < 4.78 is 0. The van der Waals surface area contributed by atoms with Gasteiger partial charge in [-0.25, -0.2) is 0 Å². The summed E-state index contributed by atoms with van der Waals surface area (Å²) in [6.45, 7) is 4.30. The van der Waals surface area contributed by atoms with Crippen molar-refractivity contribution in [2.24, 2.45) is 5.92 Å². The van der Waals surface area contributed by atoms with E-state index in [-0.39, 0.29) is 0 Å². The minimum Gasteiger partial charge on any atom is -0.345 e. The number of thioether (sulfide) groups is 1. The van der Waals surface area contributed by atoms with Gasteiger partial charge in [-0.3, -0.25) is 4.79 Å². The van der Waals surface area contributed by atoms with E-state index in [4.69, 9.17) is 0 Å². The highest BCUT2D eigenvalue weighted by Crippen LogP contribution is 2.17. The second-order valence-electron chi connectivity index (χ2n) is 5.97. The molecule has 2 aliphatic heterocycles. The van der Waals surface area contributed by atoms with Crippen molar-refractivity contribution in [3.05, 3.63) is 0 Å². The number of nitrogens with one attached hydrogen (secondary N) is 1. The first kappa shape index (κ1) is 15.1. The minimum absolute atomic E-state index is 0.299. The Morgan fingerprint density at radius 3 is 3.05 bits per heavy atom. The molecule has 0 spiro atoms. The second kappa shape index (κ2) is 7.50. The maximum absolute atomic E-state index is 12.2. The maximum atomic E-state index is 12.2. The Kier molecular flexibility index (Phi) is 5.98. The molecule has 0 aromatic carbocycles. The number of nitrogens with zero attached hydrogens (tertiary/aromatic N) is 2. The van der Waals surface area contributed by atoms with Crippen LogP contribution in [0.5, 0.6) is 0 Å². The molecule has 2 fully saturated rings. The van der Waals surface area contributed by atoms with Gasteiger partial charge in [-0.15, -0.1) is 0 Å². The number of piperidine rings is 1. The summed E-state index contributed by atoms with van der Waals surface area (Å²) in [5.41, 5.74) is 0. The van der Waals surface area contributed by atoms with Crippen molar-refractivity contribution in [1.29, 1.82) is 0 Å². The van der Waals surface area contributed by atoms with E-state index in [1.54, 1.807) is 0 Å². The highest BCUT2D eigenvalue weighted by atomic mass is 32.2. The van der Waals surface area contributed by atoms with Gasteiger partial charge in [0.1, 0.15) is 0 Å². The number of likely N-dealkylation sites (tertiary alicyclic amines) is 1. The Hall–Kier alpha value is -0.260. The molecule has 110 valence electrons. The molecule has 0 aliphatic carbocycles. The van der Waals surface area contributed by atoms with Crippen LogP contribution >= 0.6 is 11.8 Å². The minimum atomic E-state index is 0.299. The molecular weight excluding hydrogens is 258 g/mol. The molecule has 2 atom stereocenters. The topological polar surface area (TPSA) is 35.6 Å². The zero-order valence-electron chi connectivity index (χ0n) is 12.2. The Balaban J connectivity index is 1.72. The summed E-state index contributed by atoms with van der Waals surface area (Å²) in [5, 5.41) is 3.44. The molecule has 0 saturated carbocycles. The highest BCUT2D eigenvalue weighted by Gasteiger charge is 2.23. The lowest BCUT2D eigenvalue weighted by atomic mass is 9.98. The van der Waals surface area contributed by atoms with Crippen LogP contribution in [0, 0.1) is 5.92 Å². The third kappa shape index (κ3) is 4.97. The quantitative estimate of drug-likeness (QED) is 0.832. The fraction of sp³-hybridized carbons (Fsp3) is 0.929. The van der Waals surface area contributed by atoms with Crippen molar-refractivity contribution >= 4 is 17.7 Å². The normalized spacial score (nSPS) is 29.2. The Morgan fingerprint density at radius 1 is 1.53 bits per heavy atom. The summed E-state index contributed by atoms with van der Waals surface area (Å²) in [6, 6.07) is 0.378. The van der Waals surface area contributed by atoms with E-state index in [2.05, 4.69) is 17.3 Å². The molecule has 2 aliphatic rings. The molecule has 19 heavy (non-hydrogen) atoms. The van der Waals surface area contributed by atoms with Crippen LogP contribution in [-0.2, 0) is 4.79 Å². The van der Waals surface area contributed by atoms with Gasteiger partial charge in [0.25, 0.3) is 0 Å². The fourth-order valence-corrected chi connectivity index (χ4v) is 3.98. The van der Waals surface area contributed by atoms with Gasteiger partial charge < -0.3 is 15.1 Å². The van der Waals surface area contributed by atoms with Gasteiger partial charge in [0.05, 0.1) is 0 Å².